The van der Waals surface area contributed by atoms with Crippen LogP contribution in [0.5, 0.6) is 0 Å². The van der Waals surface area contributed by atoms with Gasteiger partial charge in [0.05, 0.1) is 11.9 Å². The van der Waals surface area contributed by atoms with E-state index in [1.54, 1.807) is 13.2 Å². The third-order valence-corrected chi connectivity index (χ3v) is 4.58. The van der Waals surface area contributed by atoms with Gasteiger partial charge in [-0.25, -0.2) is 4.68 Å². The molecule has 1 unspecified atom stereocenters. The lowest BCUT2D eigenvalue weighted by Gasteiger charge is -2.29. The van der Waals surface area contributed by atoms with Gasteiger partial charge in [0.25, 0.3) is 5.56 Å². The fraction of sp³-hybridized carbons (Fsp3) is 0.692. The Morgan fingerprint density at radius 2 is 2.11 bits per heavy atom. The first-order valence-electron chi connectivity index (χ1n) is 6.58. The second kappa shape index (κ2) is 5.87. The van der Waals surface area contributed by atoms with Crippen LogP contribution in [0.3, 0.4) is 0 Å². The summed E-state index contributed by atoms with van der Waals surface area (Å²) in [6.07, 6.45) is 8.29. The number of halogens is 1. The summed E-state index contributed by atoms with van der Waals surface area (Å²) in [5, 5.41) is 7.47. The van der Waals surface area contributed by atoms with Gasteiger partial charge in [-0.3, -0.25) is 4.79 Å². The van der Waals surface area contributed by atoms with E-state index in [9.17, 15) is 4.79 Å². The fourth-order valence-corrected chi connectivity index (χ4v) is 3.08. The van der Waals surface area contributed by atoms with E-state index < -0.39 is 0 Å². The first-order chi connectivity index (χ1) is 8.59. The maximum absolute atomic E-state index is 11.8. The van der Waals surface area contributed by atoms with Gasteiger partial charge >= 0.3 is 0 Å². The van der Waals surface area contributed by atoms with Crippen molar-refractivity contribution in [2.75, 3.05) is 5.32 Å². The summed E-state index contributed by atoms with van der Waals surface area (Å²) < 4.78 is 1.91. The lowest BCUT2D eigenvalue weighted by Crippen LogP contribution is -2.29. The minimum Gasteiger partial charge on any atom is -0.380 e. The molecule has 1 aromatic rings. The molecule has 0 bridgehead atoms. The van der Waals surface area contributed by atoms with E-state index in [-0.39, 0.29) is 5.56 Å². The molecule has 0 saturated heterocycles. The van der Waals surface area contributed by atoms with Crippen LogP contribution in [0.2, 0.25) is 0 Å². The zero-order valence-corrected chi connectivity index (χ0v) is 12.5. The second-order valence-corrected chi connectivity index (χ2v) is 5.93. The summed E-state index contributed by atoms with van der Waals surface area (Å²) in [6.45, 7) is 2.19. The molecule has 0 amide bonds. The van der Waals surface area contributed by atoms with Crippen LogP contribution in [0.4, 0.5) is 5.69 Å². The zero-order chi connectivity index (χ0) is 13.1. The molecule has 18 heavy (non-hydrogen) atoms. The van der Waals surface area contributed by atoms with Crippen molar-refractivity contribution in [2.24, 2.45) is 13.0 Å². The van der Waals surface area contributed by atoms with Gasteiger partial charge in [0.2, 0.25) is 0 Å². The molecule has 5 heteroatoms. The van der Waals surface area contributed by atoms with E-state index in [2.05, 4.69) is 33.3 Å². The van der Waals surface area contributed by atoms with Gasteiger partial charge in [0.1, 0.15) is 4.47 Å². The normalized spacial score (nSPS) is 18.6. The SMILES string of the molecule is CC(Nc1cnn(C)c(=O)c1Br)C1CCCCC1. The third kappa shape index (κ3) is 2.94. The number of rotatable bonds is 3. The summed E-state index contributed by atoms with van der Waals surface area (Å²) in [6, 6.07) is 0.385. The Hall–Kier alpha value is -0.840. The second-order valence-electron chi connectivity index (χ2n) is 5.13. The molecule has 1 aromatic heterocycles. The highest BCUT2D eigenvalue weighted by Crippen LogP contribution is 2.28. The van der Waals surface area contributed by atoms with Crippen molar-refractivity contribution >= 4 is 21.6 Å². The van der Waals surface area contributed by atoms with Crippen molar-refractivity contribution in [1.29, 1.82) is 0 Å². The lowest BCUT2D eigenvalue weighted by molar-refractivity contribution is 0.328. The molecule has 1 aliphatic rings. The predicted octanol–water partition coefficient (Wildman–Crippen LogP) is 2.92. The van der Waals surface area contributed by atoms with E-state index in [4.69, 9.17) is 0 Å². The number of hydrogen-bond donors (Lipinski definition) is 1. The highest BCUT2D eigenvalue weighted by atomic mass is 79.9. The summed E-state index contributed by atoms with van der Waals surface area (Å²) in [7, 11) is 1.65. The van der Waals surface area contributed by atoms with E-state index >= 15 is 0 Å². The number of hydrogen-bond acceptors (Lipinski definition) is 3. The number of nitrogens with zero attached hydrogens (tertiary/aromatic N) is 2. The predicted molar refractivity (Wildman–Crippen MR) is 76.8 cm³/mol. The Balaban J connectivity index is 2.09. The zero-order valence-electron chi connectivity index (χ0n) is 10.9. The number of aryl methyl sites for hydroxylation is 1. The van der Waals surface area contributed by atoms with E-state index in [1.807, 2.05) is 0 Å². The molecular weight excluding hydrogens is 294 g/mol. The molecule has 1 heterocycles. The van der Waals surface area contributed by atoms with Crippen LogP contribution in [0.15, 0.2) is 15.5 Å². The largest absolute Gasteiger partial charge is 0.380 e. The van der Waals surface area contributed by atoms with Crippen LogP contribution in [0.25, 0.3) is 0 Å². The molecule has 4 nitrogen and oxygen atoms in total. The van der Waals surface area contributed by atoms with E-state index in [0.717, 1.165) is 5.69 Å². The molecule has 1 saturated carbocycles. The van der Waals surface area contributed by atoms with Crippen molar-refractivity contribution in [3.63, 3.8) is 0 Å². The molecule has 1 atom stereocenters. The van der Waals surface area contributed by atoms with Crippen LogP contribution >= 0.6 is 15.9 Å². The van der Waals surface area contributed by atoms with Crippen LogP contribution in [0, 0.1) is 5.92 Å². The Kier molecular flexibility index (Phi) is 4.43. The Bertz CT molecular complexity index is 466. The minimum absolute atomic E-state index is 0.101. The van der Waals surface area contributed by atoms with Crippen molar-refractivity contribution in [3.8, 4) is 0 Å². The Morgan fingerprint density at radius 3 is 2.78 bits per heavy atom. The monoisotopic (exact) mass is 313 g/mol. The molecule has 0 spiro atoms. The highest BCUT2D eigenvalue weighted by molar-refractivity contribution is 9.10. The molecule has 0 aromatic carbocycles. The quantitative estimate of drug-likeness (QED) is 0.933. The molecule has 1 fully saturated rings. The molecule has 1 aliphatic carbocycles. The van der Waals surface area contributed by atoms with Crippen molar-refractivity contribution in [2.45, 2.75) is 45.1 Å². The van der Waals surface area contributed by atoms with Gasteiger partial charge in [0.15, 0.2) is 0 Å². The smallest absolute Gasteiger partial charge is 0.282 e. The highest BCUT2D eigenvalue weighted by Gasteiger charge is 2.21. The average molecular weight is 314 g/mol. The fourth-order valence-electron chi connectivity index (χ4n) is 2.61. The van der Waals surface area contributed by atoms with Gasteiger partial charge in [-0.05, 0) is 41.6 Å². The Morgan fingerprint density at radius 1 is 1.44 bits per heavy atom. The Labute approximate surface area is 116 Å². The van der Waals surface area contributed by atoms with Gasteiger partial charge in [-0.2, -0.15) is 5.10 Å². The number of anilines is 1. The van der Waals surface area contributed by atoms with Crippen LogP contribution in [0.1, 0.15) is 39.0 Å². The summed E-state index contributed by atoms with van der Waals surface area (Å²) in [5.41, 5.74) is 0.701. The molecule has 0 radical (unpaired) electrons. The lowest BCUT2D eigenvalue weighted by atomic mass is 9.84. The number of nitrogens with one attached hydrogen (secondary N) is 1. The van der Waals surface area contributed by atoms with Crippen LogP contribution in [-0.2, 0) is 7.05 Å². The van der Waals surface area contributed by atoms with Crippen molar-refractivity contribution < 1.29 is 0 Å². The van der Waals surface area contributed by atoms with Crippen molar-refractivity contribution in [3.05, 3.63) is 21.0 Å². The van der Waals surface area contributed by atoms with Gasteiger partial charge in [-0.15, -0.1) is 0 Å². The van der Waals surface area contributed by atoms with Crippen LogP contribution in [-0.4, -0.2) is 15.8 Å². The van der Waals surface area contributed by atoms with Gasteiger partial charge < -0.3 is 5.32 Å². The number of aromatic nitrogens is 2. The molecule has 1 N–H and O–H groups in total. The maximum Gasteiger partial charge on any atom is 0.282 e. The first-order valence-corrected chi connectivity index (χ1v) is 7.37. The molecular formula is C13H20BrN3O. The van der Waals surface area contributed by atoms with E-state index in [0.29, 0.717) is 16.4 Å². The molecule has 0 aliphatic heterocycles. The van der Waals surface area contributed by atoms with Crippen LogP contribution < -0.4 is 10.9 Å². The van der Waals surface area contributed by atoms with Gasteiger partial charge in [0, 0.05) is 13.1 Å². The van der Waals surface area contributed by atoms with Crippen molar-refractivity contribution in [1.82, 2.24) is 9.78 Å². The topological polar surface area (TPSA) is 46.9 Å². The first kappa shape index (κ1) is 13.6. The van der Waals surface area contributed by atoms with E-state index in [1.165, 1.54) is 36.8 Å². The minimum atomic E-state index is -0.101. The third-order valence-electron chi connectivity index (χ3n) is 3.82. The maximum atomic E-state index is 11.8. The van der Waals surface area contributed by atoms with Gasteiger partial charge in [-0.1, -0.05) is 19.3 Å². The summed E-state index contributed by atoms with van der Waals surface area (Å²) in [5.74, 6) is 0.703. The summed E-state index contributed by atoms with van der Waals surface area (Å²) >= 11 is 3.35. The standard InChI is InChI=1S/C13H20BrN3O/c1-9(10-6-4-3-5-7-10)16-11-8-15-17(2)13(18)12(11)14/h8-10,16H,3-7H2,1-2H3. The summed E-state index contributed by atoms with van der Waals surface area (Å²) in [4.78, 5) is 11.8. The molecule has 100 valence electrons. The average Bonchev–Trinajstić information content (AvgIpc) is 2.40. The molecule has 2 rings (SSSR count).